The van der Waals surface area contributed by atoms with Gasteiger partial charge in [-0.1, -0.05) is 13.0 Å². The third-order valence-corrected chi connectivity index (χ3v) is 8.73. The molecule has 4 rings (SSSR count). The third-order valence-electron chi connectivity index (χ3n) is 7.06. The molecule has 0 bridgehead atoms. The molecule has 0 amide bonds. The maximum atomic E-state index is 13.5. The smallest absolute Gasteiger partial charge is 0.335 e. The summed E-state index contributed by atoms with van der Waals surface area (Å²) >= 11 is 0. The van der Waals surface area contributed by atoms with Crippen molar-refractivity contribution in [2.24, 2.45) is 14.1 Å². The van der Waals surface area contributed by atoms with Crippen LogP contribution < -0.4 is 19.9 Å². The quantitative estimate of drug-likeness (QED) is 0.184. The maximum Gasteiger partial charge on any atom is 0.335 e. The van der Waals surface area contributed by atoms with Crippen molar-refractivity contribution in [1.29, 1.82) is 0 Å². The lowest BCUT2D eigenvalue weighted by Gasteiger charge is -2.16. The van der Waals surface area contributed by atoms with E-state index in [2.05, 4.69) is 4.90 Å². The van der Waals surface area contributed by atoms with E-state index >= 15 is 0 Å². The number of unbranched alkanes of at least 4 members (excludes halogenated alkanes) is 1. The molecule has 0 spiro atoms. The monoisotopic (exact) mass is 625 g/mol. The van der Waals surface area contributed by atoms with Crippen LogP contribution in [0, 0.1) is 0 Å². The van der Waals surface area contributed by atoms with E-state index in [9.17, 15) is 23.1 Å². The SMILES string of the molecule is CCCOc1cc(OCCCCN(C)C)cc(Oc2cc3c(cc2CS(=O)(=O)c2cccc(C(=O)O)c2)n(C)c(=O)n3C)c1. The number of carboxylic acids is 1. The Morgan fingerprint density at radius 3 is 2.16 bits per heavy atom. The fourth-order valence-corrected chi connectivity index (χ4v) is 6.12. The Hall–Kier alpha value is -4.29. The highest BCUT2D eigenvalue weighted by atomic mass is 32.2. The third kappa shape index (κ3) is 7.80. The summed E-state index contributed by atoms with van der Waals surface area (Å²) in [6, 6.07) is 13.7. The predicted molar refractivity (Wildman–Crippen MR) is 168 cm³/mol. The van der Waals surface area contributed by atoms with E-state index in [1.165, 1.54) is 27.3 Å². The van der Waals surface area contributed by atoms with Gasteiger partial charge in [-0.05, 0) is 64.2 Å². The maximum absolute atomic E-state index is 13.5. The largest absolute Gasteiger partial charge is 0.493 e. The van der Waals surface area contributed by atoms with Gasteiger partial charge in [0.15, 0.2) is 9.84 Å². The number of aromatic nitrogens is 2. The van der Waals surface area contributed by atoms with Crippen LogP contribution in [0.3, 0.4) is 0 Å². The molecule has 11 nitrogen and oxygen atoms in total. The molecule has 0 saturated heterocycles. The molecule has 0 saturated carbocycles. The number of benzene rings is 3. The van der Waals surface area contributed by atoms with Gasteiger partial charge in [-0.15, -0.1) is 0 Å². The number of carbonyl (C=O) groups is 1. The highest BCUT2D eigenvalue weighted by Gasteiger charge is 2.23. The highest BCUT2D eigenvalue weighted by Crippen LogP contribution is 2.36. The zero-order valence-corrected chi connectivity index (χ0v) is 26.5. The fourth-order valence-electron chi connectivity index (χ4n) is 4.73. The molecule has 0 fully saturated rings. The van der Waals surface area contributed by atoms with Crippen LogP contribution in [-0.2, 0) is 29.7 Å². The van der Waals surface area contributed by atoms with Gasteiger partial charge in [-0.3, -0.25) is 9.13 Å². The van der Waals surface area contributed by atoms with E-state index < -0.39 is 21.6 Å². The van der Waals surface area contributed by atoms with Gasteiger partial charge in [0.2, 0.25) is 0 Å². The summed E-state index contributed by atoms with van der Waals surface area (Å²) in [4.78, 5) is 26.2. The molecular weight excluding hydrogens is 586 g/mol. The fraction of sp³-hybridized carbons (Fsp3) is 0.375. The second-order valence-corrected chi connectivity index (χ2v) is 12.9. The Bertz CT molecular complexity index is 1810. The summed E-state index contributed by atoms with van der Waals surface area (Å²) in [5.74, 6) is -0.0412. The summed E-state index contributed by atoms with van der Waals surface area (Å²) in [5, 5.41) is 9.38. The molecular formula is C32H39N3O8S. The van der Waals surface area contributed by atoms with Gasteiger partial charge in [-0.25, -0.2) is 18.0 Å². The molecule has 4 aromatic rings. The van der Waals surface area contributed by atoms with Crippen LogP contribution in [-0.4, -0.2) is 67.4 Å². The van der Waals surface area contributed by atoms with Gasteiger partial charge < -0.3 is 24.2 Å². The normalized spacial score (nSPS) is 11.7. The number of aryl methyl sites for hydroxylation is 2. The standard InChI is InChI=1S/C32H39N3O8S/c1-6-13-41-24-17-25(42-14-8-7-12-33(2)3)19-26(18-24)43-30-20-29-28(34(4)32(38)35(29)5)16-23(30)21-44(39,40)27-11-9-10-22(15-27)31(36)37/h9-11,15-20H,6-8,12-14,21H2,1-5H3,(H,36,37). The first-order valence-electron chi connectivity index (χ1n) is 14.4. The first-order valence-corrected chi connectivity index (χ1v) is 16.0. The molecule has 0 aliphatic carbocycles. The van der Waals surface area contributed by atoms with E-state index in [1.54, 1.807) is 44.4 Å². The number of hydrogen-bond acceptors (Lipinski definition) is 8. The number of carboxylic acid groups (broad SMARTS) is 1. The van der Waals surface area contributed by atoms with Crippen LogP contribution in [0.1, 0.15) is 42.1 Å². The Morgan fingerprint density at radius 1 is 0.886 bits per heavy atom. The zero-order chi connectivity index (χ0) is 32.0. The predicted octanol–water partition coefficient (Wildman–Crippen LogP) is 4.85. The van der Waals surface area contributed by atoms with Gasteiger partial charge in [0.05, 0.1) is 40.5 Å². The Kier molecular flexibility index (Phi) is 10.4. The molecule has 1 N–H and O–H groups in total. The van der Waals surface area contributed by atoms with Crippen molar-refractivity contribution in [3.8, 4) is 23.0 Å². The number of fused-ring (bicyclic) bond motifs is 1. The minimum Gasteiger partial charge on any atom is -0.493 e. The summed E-state index contributed by atoms with van der Waals surface area (Å²) in [6.45, 7) is 3.94. The van der Waals surface area contributed by atoms with E-state index in [1.807, 2.05) is 21.0 Å². The molecule has 0 aliphatic heterocycles. The molecule has 12 heteroatoms. The number of ether oxygens (including phenoxy) is 3. The van der Waals surface area contributed by atoms with Crippen molar-refractivity contribution in [1.82, 2.24) is 14.0 Å². The lowest BCUT2D eigenvalue weighted by Crippen LogP contribution is -2.19. The van der Waals surface area contributed by atoms with Gasteiger partial charge >= 0.3 is 11.7 Å². The Morgan fingerprint density at radius 2 is 1.52 bits per heavy atom. The molecule has 0 aliphatic rings. The zero-order valence-electron chi connectivity index (χ0n) is 25.7. The van der Waals surface area contributed by atoms with Gasteiger partial charge in [0, 0.05) is 43.9 Å². The van der Waals surface area contributed by atoms with Crippen LogP contribution in [0.2, 0.25) is 0 Å². The van der Waals surface area contributed by atoms with Crippen molar-refractivity contribution in [2.45, 2.75) is 36.8 Å². The topological polar surface area (TPSA) is 129 Å². The lowest BCUT2D eigenvalue weighted by molar-refractivity contribution is 0.0696. The number of aromatic carboxylic acids is 1. The molecule has 0 atom stereocenters. The summed E-state index contributed by atoms with van der Waals surface area (Å²) in [7, 11) is 3.27. The van der Waals surface area contributed by atoms with E-state index in [0.29, 0.717) is 47.1 Å². The molecule has 1 heterocycles. The van der Waals surface area contributed by atoms with Gasteiger partial charge in [0.1, 0.15) is 23.0 Å². The molecule has 236 valence electrons. The van der Waals surface area contributed by atoms with E-state index in [0.717, 1.165) is 31.9 Å². The summed E-state index contributed by atoms with van der Waals surface area (Å²) in [5.41, 5.74) is 0.959. The van der Waals surface area contributed by atoms with Crippen molar-refractivity contribution < 1.29 is 32.5 Å². The minimum atomic E-state index is -4.01. The van der Waals surface area contributed by atoms with Crippen LogP contribution in [0.15, 0.2) is 64.3 Å². The van der Waals surface area contributed by atoms with Crippen LogP contribution in [0.4, 0.5) is 0 Å². The summed E-state index contributed by atoms with van der Waals surface area (Å²) < 4.78 is 48.2. The van der Waals surface area contributed by atoms with E-state index in [4.69, 9.17) is 14.2 Å². The van der Waals surface area contributed by atoms with Crippen molar-refractivity contribution >= 4 is 26.8 Å². The second-order valence-electron chi connectivity index (χ2n) is 10.9. The first-order chi connectivity index (χ1) is 20.9. The lowest BCUT2D eigenvalue weighted by atomic mass is 10.2. The Labute approximate surface area is 257 Å². The minimum absolute atomic E-state index is 0.134. The summed E-state index contributed by atoms with van der Waals surface area (Å²) in [6.07, 6.45) is 2.64. The number of imidazole rings is 1. The Balaban J connectivity index is 1.74. The molecule has 0 radical (unpaired) electrons. The average Bonchev–Trinajstić information content (AvgIpc) is 3.18. The van der Waals surface area contributed by atoms with Gasteiger partial charge in [0.25, 0.3) is 0 Å². The molecule has 3 aromatic carbocycles. The van der Waals surface area contributed by atoms with E-state index in [-0.39, 0.29) is 21.9 Å². The first kappa shape index (κ1) is 32.6. The van der Waals surface area contributed by atoms with Crippen LogP contribution in [0.25, 0.3) is 11.0 Å². The molecule has 0 unspecified atom stereocenters. The van der Waals surface area contributed by atoms with Crippen molar-refractivity contribution in [3.05, 3.63) is 76.2 Å². The highest BCUT2D eigenvalue weighted by molar-refractivity contribution is 7.90. The number of hydrogen-bond donors (Lipinski definition) is 1. The number of nitrogens with zero attached hydrogens (tertiary/aromatic N) is 3. The van der Waals surface area contributed by atoms with Crippen LogP contribution >= 0.6 is 0 Å². The molecule has 1 aromatic heterocycles. The second kappa shape index (κ2) is 14.0. The average molecular weight is 626 g/mol. The van der Waals surface area contributed by atoms with Crippen molar-refractivity contribution in [2.75, 3.05) is 33.9 Å². The van der Waals surface area contributed by atoms with Crippen LogP contribution in [0.5, 0.6) is 23.0 Å². The molecule has 44 heavy (non-hydrogen) atoms. The number of rotatable bonds is 15. The van der Waals surface area contributed by atoms with Crippen molar-refractivity contribution in [3.63, 3.8) is 0 Å². The van der Waals surface area contributed by atoms with Gasteiger partial charge in [-0.2, -0.15) is 0 Å². The number of sulfone groups is 1.